The molecule has 1 aromatic rings. The Bertz CT molecular complexity index is 553. The number of rotatable bonds is 5. The summed E-state index contributed by atoms with van der Waals surface area (Å²) in [7, 11) is 0. The van der Waals surface area contributed by atoms with Gasteiger partial charge < -0.3 is 19.7 Å². The molecule has 0 saturated carbocycles. The van der Waals surface area contributed by atoms with Crippen LogP contribution in [0.4, 0.5) is 0 Å². The van der Waals surface area contributed by atoms with E-state index in [0.29, 0.717) is 24.6 Å². The van der Waals surface area contributed by atoms with Crippen LogP contribution in [0.1, 0.15) is 30.9 Å². The van der Waals surface area contributed by atoms with Crippen LogP contribution in [0.3, 0.4) is 0 Å². The first-order valence-electron chi connectivity index (χ1n) is 8.69. The molecule has 1 N–H and O–H groups in total. The van der Waals surface area contributed by atoms with Crippen LogP contribution in [0, 0.1) is 0 Å². The van der Waals surface area contributed by atoms with E-state index in [-0.39, 0.29) is 30.5 Å². The van der Waals surface area contributed by atoms with Gasteiger partial charge >= 0.3 is 0 Å². The molecular formula is C18H26Cl2N2O3. The topological polar surface area (TPSA) is 50.8 Å². The number of benzene rings is 1. The maximum absolute atomic E-state index is 12.7. The van der Waals surface area contributed by atoms with E-state index in [1.165, 1.54) is 0 Å². The van der Waals surface area contributed by atoms with Gasteiger partial charge in [-0.25, -0.2) is 0 Å². The van der Waals surface area contributed by atoms with Crippen molar-refractivity contribution in [3.8, 4) is 0 Å². The Morgan fingerprint density at radius 1 is 1.36 bits per heavy atom. The number of hydrogen-bond acceptors (Lipinski definition) is 4. The molecule has 25 heavy (non-hydrogen) atoms. The van der Waals surface area contributed by atoms with Crippen LogP contribution in [0.15, 0.2) is 24.3 Å². The van der Waals surface area contributed by atoms with Gasteiger partial charge in [-0.15, -0.1) is 12.4 Å². The second kappa shape index (κ2) is 10.3. The Kier molecular flexibility index (Phi) is 8.46. The van der Waals surface area contributed by atoms with E-state index in [2.05, 4.69) is 5.32 Å². The molecule has 1 unspecified atom stereocenters. The fourth-order valence-corrected chi connectivity index (χ4v) is 3.51. The van der Waals surface area contributed by atoms with E-state index >= 15 is 0 Å². The van der Waals surface area contributed by atoms with Gasteiger partial charge in [-0.1, -0.05) is 23.7 Å². The summed E-state index contributed by atoms with van der Waals surface area (Å²) in [6.45, 7) is 4.29. The van der Waals surface area contributed by atoms with Crippen LogP contribution >= 0.6 is 24.0 Å². The van der Waals surface area contributed by atoms with Crippen LogP contribution in [0.2, 0.25) is 5.02 Å². The molecule has 5 nitrogen and oxygen atoms in total. The molecule has 1 atom stereocenters. The summed E-state index contributed by atoms with van der Waals surface area (Å²) in [5, 5.41) is 4.07. The Morgan fingerprint density at radius 3 is 2.92 bits per heavy atom. The van der Waals surface area contributed by atoms with Gasteiger partial charge in [0.15, 0.2) is 0 Å². The summed E-state index contributed by atoms with van der Waals surface area (Å²) >= 11 is 6.11. The first kappa shape index (κ1) is 20.5. The molecule has 7 heteroatoms. The summed E-state index contributed by atoms with van der Waals surface area (Å²) in [6, 6.07) is 7.80. The van der Waals surface area contributed by atoms with Crippen LogP contribution in [0.5, 0.6) is 0 Å². The van der Waals surface area contributed by atoms with Crippen molar-refractivity contribution < 1.29 is 14.3 Å². The second-order valence-corrected chi connectivity index (χ2v) is 6.73. The van der Waals surface area contributed by atoms with Crippen molar-refractivity contribution in [2.75, 3.05) is 39.5 Å². The van der Waals surface area contributed by atoms with Gasteiger partial charge in [-0.3, -0.25) is 4.79 Å². The van der Waals surface area contributed by atoms with Crippen LogP contribution < -0.4 is 5.32 Å². The Hall–Kier alpha value is -0.850. The van der Waals surface area contributed by atoms with Gasteiger partial charge in [0.25, 0.3) is 0 Å². The maximum atomic E-state index is 12.7. The number of nitrogens with zero attached hydrogens (tertiary/aromatic N) is 1. The summed E-state index contributed by atoms with van der Waals surface area (Å²) in [5.41, 5.74) is 1.08. The van der Waals surface area contributed by atoms with Gasteiger partial charge in [0, 0.05) is 37.9 Å². The highest BCUT2D eigenvalue weighted by molar-refractivity contribution is 6.30. The smallest absolute Gasteiger partial charge is 0.225 e. The molecule has 0 bridgehead atoms. The lowest BCUT2D eigenvalue weighted by atomic mass is 10.0. The third-order valence-corrected chi connectivity index (χ3v) is 4.87. The average Bonchev–Trinajstić information content (AvgIpc) is 2.62. The Balaban J connectivity index is 0.00000225. The SMILES string of the molecule is Cl.O=C(CCOC1CCOCC1)N1CCNCC1c1cccc(Cl)c1. The molecule has 2 saturated heterocycles. The van der Waals surface area contributed by atoms with Crippen LogP contribution in [-0.2, 0) is 14.3 Å². The van der Waals surface area contributed by atoms with Crippen molar-refractivity contribution in [1.82, 2.24) is 10.2 Å². The minimum Gasteiger partial charge on any atom is -0.381 e. The number of hydrogen-bond donors (Lipinski definition) is 1. The van der Waals surface area contributed by atoms with Crippen molar-refractivity contribution in [3.63, 3.8) is 0 Å². The number of nitrogens with one attached hydrogen (secondary N) is 1. The molecule has 3 rings (SSSR count). The highest BCUT2D eigenvalue weighted by Crippen LogP contribution is 2.25. The van der Waals surface area contributed by atoms with Gasteiger partial charge in [0.2, 0.25) is 5.91 Å². The lowest BCUT2D eigenvalue weighted by Crippen LogP contribution is -2.49. The fraction of sp³-hybridized carbons (Fsp3) is 0.611. The van der Waals surface area contributed by atoms with Gasteiger partial charge in [-0.2, -0.15) is 0 Å². The molecule has 2 aliphatic rings. The minimum atomic E-state index is 0. The molecule has 1 aromatic carbocycles. The third-order valence-electron chi connectivity index (χ3n) is 4.63. The predicted octanol–water partition coefficient (Wildman–Crippen LogP) is 2.82. The van der Waals surface area contributed by atoms with E-state index in [4.69, 9.17) is 21.1 Å². The number of amides is 1. The molecule has 0 spiro atoms. The molecule has 2 fully saturated rings. The minimum absolute atomic E-state index is 0. The van der Waals surface area contributed by atoms with Crippen LogP contribution in [0.25, 0.3) is 0 Å². The van der Waals surface area contributed by atoms with E-state index in [9.17, 15) is 4.79 Å². The van der Waals surface area contributed by atoms with Gasteiger partial charge in [0.1, 0.15) is 0 Å². The zero-order valence-corrected chi connectivity index (χ0v) is 15.9. The van der Waals surface area contributed by atoms with Crippen molar-refractivity contribution in [3.05, 3.63) is 34.9 Å². The normalized spacial score (nSPS) is 21.6. The highest BCUT2D eigenvalue weighted by Gasteiger charge is 2.28. The molecule has 0 aliphatic carbocycles. The number of carbonyl (C=O) groups is 1. The second-order valence-electron chi connectivity index (χ2n) is 6.29. The summed E-state index contributed by atoms with van der Waals surface area (Å²) in [6.07, 6.45) is 2.51. The maximum Gasteiger partial charge on any atom is 0.225 e. The molecule has 0 radical (unpaired) electrons. The van der Waals surface area contributed by atoms with E-state index in [1.54, 1.807) is 0 Å². The molecular weight excluding hydrogens is 363 g/mol. The zero-order chi connectivity index (χ0) is 16.8. The predicted molar refractivity (Wildman–Crippen MR) is 100 cm³/mol. The number of carbonyl (C=O) groups excluding carboxylic acids is 1. The summed E-state index contributed by atoms with van der Waals surface area (Å²) in [4.78, 5) is 14.6. The summed E-state index contributed by atoms with van der Waals surface area (Å²) < 4.78 is 11.2. The number of ether oxygens (including phenoxy) is 2. The summed E-state index contributed by atoms with van der Waals surface area (Å²) in [5.74, 6) is 0.147. The van der Waals surface area contributed by atoms with Crippen molar-refractivity contribution in [1.29, 1.82) is 0 Å². The number of piperazine rings is 1. The van der Waals surface area contributed by atoms with Crippen molar-refractivity contribution in [2.24, 2.45) is 0 Å². The highest BCUT2D eigenvalue weighted by atomic mass is 35.5. The molecule has 2 aliphatic heterocycles. The molecule has 0 aromatic heterocycles. The third kappa shape index (κ3) is 5.83. The van der Waals surface area contributed by atoms with E-state index in [1.807, 2.05) is 29.2 Å². The zero-order valence-electron chi connectivity index (χ0n) is 14.3. The first-order valence-corrected chi connectivity index (χ1v) is 9.07. The van der Waals surface area contributed by atoms with Crippen molar-refractivity contribution in [2.45, 2.75) is 31.4 Å². The number of halogens is 2. The lowest BCUT2D eigenvalue weighted by Gasteiger charge is -2.37. The lowest BCUT2D eigenvalue weighted by molar-refractivity contribution is -0.136. The molecule has 140 valence electrons. The quantitative estimate of drug-likeness (QED) is 0.842. The molecule has 2 heterocycles. The average molecular weight is 389 g/mol. The Morgan fingerprint density at radius 2 is 2.16 bits per heavy atom. The monoisotopic (exact) mass is 388 g/mol. The first-order chi connectivity index (χ1) is 11.7. The van der Waals surface area contributed by atoms with Gasteiger partial charge in [-0.05, 0) is 30.5 Å². The molecule has 1 amide bonds. The van der Waals surface area contributed by atoms with Crippen molar-refractivity contribution >= 4 is 29.9 Å². The standard InChI is InChI=1S/C18H25ClN2O3.ClH/c19-15-3-1-2-14(12-15)17-13-20-7-8-21(17)18(22)6-11-24-16-4-9-23-10-5-16;/h1-3,12,16-17,20H,4-11,13H2;1H. The Labute approximate surface area is 160 Å². The van der Waals surface area contributed by atoms with E-state index in [0.717, 1.165) is 44.7 Å². The van der Waals surface area contributed by atoms with Crippen LogP contribution in [-0.4, -0.2) is 56.4 Å². The largest absolute Gasteiger partial charge is 0.381 e. The van der Waals surface area contributed by atoms with E-state index < -0.39 is 0 Å². The fourth-order valence-electron chi connectivity index (χ4n) is 3.31. The van der Waals surface area contributed by atoms with Gasteiger partial charge in [0.05, 0.1) is 25.2 Å².